The van der Waals surface area contributed by atoms with E-state index in [4.69, 9.17) is 4.74 Å². The molecule has 8 nitrogen and oxygen atoms in total. The first kappa shape index (κ1) is 27.5. The Balaban J connectivity index is 1.70. The molecule has 0 saturated carbocycles. The van der Waals surface area contributed by atoms with E-state index in [-0.39, 0.29) is 42.2 Å². The Morgan fingerprint density at radius 3 is 2.58 bits per heavy atom. The molecule has 1 aromatic heterocycles. The molecule has 0 spiro atoms. The molecule has 200 valence electrons. The van der Waals surface area contributed by atoms with Gasteiger partial charge in [0.05, 0.1) is 18.7 Å². The number of fused-ring (bicyclic) bond motifs is 1. The summed E-state index contributed by atoms with van der Waals surface area (Å²) in [7, 11) is -2.26. The topological polar surface area (TPSA) is 100 Å². The van der Waals surface area contributed by atoms with E-state index in [2.05, 4.69) is 4.98 Å². The van der Waals surface area contributed by atoms with E-state index >= 15 is 0 Å². The number of benzene rings is 2. The molecule has 1 aliphatic rings. The Morgan fingerprint density at radius 2 is 1.89 bits per heavy atom. The second-order valence-corrected chi connectivity index (χ2v) is 11.5. The zero-order valence-corrected chi connectivity index (χ0v) is 22.6. The highest BCUT2D eigenvalue weighted by Crippen LogP contribution is 2.34. The summed E-state index contributed by atoms with van der Waals surface area (Å²) in [5.41, 5.74) is 2.24. The van der Waals surface area contributed by atoms with Crippen LogP contribution in [0.2, 0.25) is 0 Å². The normalized spacial score (nSPS) is 20.1. The summed E-state index contributed by atoms with van der Waals surface area (Å²) in [4.78, 5) is 18.6. The van der Waals surface area contributed by atoms with Crippen LogP contribution in [0.4, 0.5) is 0 Å². The first-order chi connectivity index (χ1) is 18.2. The van der Waals surface area contributed by atoms with E-state index in [1.165, 1.54) is 10.5 Å². The van der Waals surface area contributed by atoms with Crippen molar-refractivity contribution in [3.63, 3.8) is 0 Å². The van der Waals surface area contributed by atoms with Crippen molar-refractivity contribution in [3.05, 3.63) is 89.7 Å². The fraction of sp³-hybridized carbons (Fsp3) is 0.310. The number of amides is 1. The van der Waals surface area contributed by atoms with Crippen molar-refractivity contribution in [3.8, 4) is 5.75 Å². The van der Waals surface area contributed by atoms with Gasteiger partial charge in [-0.05, 0) is 42.3 Å². The van der Waals surface area contributed by atoms with Crippen LogP contribution < -0.4 is 4.74 Å². The van der Waals surface area contributed by atoms with E-state index in [1.54, 1.807) is 55.4 Å². The minimum Gasteiger partial charge on any atom is -0.487 e. The van der Waals surface area contributed by atoms with E-state index in [9.17, 15) is 18.3 Å². The zero-order chi connectivity index (χ0) is 27.3. The molecular formula is C29H33N3O5S. The Hall–Kier alpha value is -3.53. The summed E-state index contributed by atoms with van der Waals surface area (Å²) < 4.78 is 35.1. The van der Waals surface area contributed by atoms with Crippen molar-refractivity contribution in [1.82, 2.24) is 14.2 Å². The standard InChI is InChI=1S/C29H33N3O5S/c1-21-18-32(22(2)20-33)38(35,36)28-14-13-24(12-11-23-8-5-4-6-9-23)16-26(28)37-27(21)19-31(3)29(34)25-10-7-15-30-17-25/h4-17,21-22,27,33H,18-20H2,1-3H3/b12-11+/t21-,22+,27-/m1/s1. The van der Waals surface area contributed by atoms with Gasteiger partial charge >= 0.3 is 0 Å². The van der Waals surface area contributed by atoms with Gasteiger partial charge in [-0.25, -0.2) is 8.42 Å². The van der Waals surface area contributed by atoms with Gasteiger partial charge in [-0.15, -0.1) is 0 Å². The number of aliphatic hydroxyl groups is 1. The first-order valence-electron chi connectivity index (χ1n) is 12.5. The minimum atomic E-state index is -3.95. The number of hydrogen-bond acceptors (Lipinski definition) is 6. The number of likely N-dealkylation sites (N-methyl/N-ethyl adjacent to an activating group) is 1. The SMILES string of the molecule is C[C@@H]1CN([C@@H](C)CO)S(=O)(=O)c2ccc(/C=C/c3ccccc3)cc2O[C@@H]1CN(C)C(=O)c1cccnc1. The van der Waals surface area contributed by atoms with E-state index in [0.717, 1.165) is 11.1 Å². The van der Waals surface area contributed by atoms with Crippen LogP contribution in [0.25, 0.3) is 12.2 Å². The molecule has 4 rings (SSSR count). The van der Waals surface area contributed by atoms with Gasteiger partial charge in [0.1, 0.15) is 16.7 Å². The summed E-state index contributed by atoms with van der Waals surface area (Å²) >= 11 is 0. The molecule has 38 heavy (non-hydrogen) atoms. The van der Waals surface area contributed by atoms with E-state index in [0.29, 0.717) is 5.56 Å². The van der Waals surface area contributed by atoms with Crippen molar-refractivity contribution in [1.29, 1.82) is 0 Å². The molecule has 3 atom stereocenters. The highest BCUT2D eigenvalue weighted by Gasteiger charge is 2.38. The number of rotatable bonds is 7. The van der Waals surface area contributed by atoms with Gasteiger partial charge in [0.2, 0.25) is 10.0 Å². The van der Waals surface area contributed by atoms with Gasteiger partial charge < -0.3 is 14.7 Å². The molecule has 0 aliphatic carbocycles. The number of sulfonamides is 1. The fourth-order valence-electron chi connectivity index (χ4n) is 4.38. The average Bonchev–Trinajstić information content (AvgIpc) is 2.93. The minimum absolute atomic E-state index is 0.0350. The van der Waals surface area contributed by atoms with Crippen molar-refractivity contribution in [2.24, 2.45) is 5.92 Å². The number of carbonyl (C=O) groups excluding carboxylic acids is 1. The molecular weight excluding hydrogens is 502 g/mol. The number of ether oxygens (including phenoxy) is 1. The average molecular weight is 536 g/mol. The van der Waals surface area contributed by atoms with E-state index in [1.807, 2.05) is 49.4 Å². The van der Waals surface area contributed by atoms with Crippen LogP contribution in [0.3, 0.4) is 0 Å². The molecule has 3 aromatic rings. The lowest BCUT2D eigenvalue weighted by Gasteiger charge is -2.37. The van der Waals surface area contributed by atoms with Gasteiger partial charge in [0.15, 0.2) is 0 Å². The Bertz CT molecular complexity index is 1380. The third kappa shape index (κ3) is 6.12. The number of nitrogens with zero attached hydrogens (tertiary/aromatic N) is 3. The Labute approximate surface area is 224 Å². The second-order valence-electron chi connectivity index (χ2n) is 9.62. The number of aromatic nitrogens is 1. The maximum atomic E-state index is 13.7. The predicted octanol–water partition coefficient (Wildman–Crippen LogP) is 3.79. The van der Waals surface area contributed by atoms with Crippen LogP contribution in [0.5, 0.6) is 5.75 Å². The van der Waals surface area contributed by atoms with Gasteiger partial charge in [0.25, 0.3) is 5.91 Å². The summed E-state index contributed by atoms with van der Waals surface area (Å²) in [5, 5.41) is 9.84. The number of carbonyl (C=O) groups is 1. The molecule has 2 heterocycles. The molecule has 1 amide bonds. The fourth-order valence-corrected chi connectivity index (χ4v) is 6.21. The van der Waals surface area contributed by atoms with Gasteiger partial charge in [-0.2, -0.15) is 4.31 Å². The summed E-state index contributed by atoms with van der Waals surface area (Å²) in [6.45, 7) is 3.63. The lowest BCUT2D eigenvalue weighted by Crippen LogP contribution is -2.50. The molecule has 0 fully saturated rings. The molecule has 0 bridgehead atoms. The van der Waals surface area contributed by atoms with Crippen molar-refractivity contribution in [2.75, 3.05) is 26.7 Å². The Kier molecular flexibility index (Phi) is 8.61. The van der Waals surface area contributed by atoms with Crippen molar-refractivity contribution < 1.29 is 23.1 Å². The Morgan fingerprint density at radius 1 is 1.16 bits per heavy atom. The quantitative estimate of drug-likeness (QED) is 0.462. The summed E-state index contributed by atoms with van der Waals surface area (Å²) in [6.07, 6.45) is 6.46. The van der Waals surface area contributed by atoms with Crippen LogP contribution >= 0.6 is 0 Å². The summed E-state index contributed by atoms with van der Waals surface area (Å²) in [5.74, 6) is -0.266. The number of pyridine rings is 1. The molecule has 1 aliphatic heterocycles. The van der Waals surface area contributed by atoms with E-state index < -0.39 is 22.2 Å². The van der Waals surface area contributed by atoms with Gasteiger partial charge in [-0.1, -0.05) is 55.5 Å². The van der Waals surface area contributed by atoms with Crippen LogP contribution in [0.1, 0.15) is 35.3 Å². The van der Waals surface area contributed by atoms with Crippen molar-refractivity contribution in [2.45, 2.75) is 30.9 Å². The number of aliphatic hydroxyl groups excluding tert-OH is 1. The maximum Gasteiger partial charge on any atom is 0.255 e. The summed E-state index contributed by atoms with van der Waals surface area (Å²) in [6, 6.07) is 17.6. The van der Waals surface area contributed by atoms with Gasteiger partial charge in [-0.3, -0.25) is 9.78 Å². The first-order valence-corrected chi connectivity index (χ1v) is 14.0. The van der Waals surface area contributed by atoms with Crippen LogP contribution in [-0.4, -0.2) is 72.5 Å². The maximum absolute atomic E-state index is 13.7. The van der Waals surface area contributed by atoms with Crippen LogP contribution in [-0.2, 0) is 10.0 Å². The smallest absolute Gasteiger partial charge is 0.255 e. The third-order valence-corrected chi connectivity index (χ3v) is 8.69. The van der Waals surface area contributed by atoms with Crippen molar-refractivity contribution >= 4 is 28.1 Å². The molecule has 1 N–H and O–H groups in total. The van der Waals surface area contributed by atoms with Gasteiger partial charge in [0, 0.05) is 37.9 Å². The number of hydrogen-bond donors (Lipinski definition) is 1. The highest BCUT2D eigenvalue weighted by atomic mass is 32.2. The zero-order valence-electron chi connectivity index (χ0n) is 21.8. The predicted molar refractivity (Wildman–Crippen MR) is 147 cm³/mol. The molecule has 0 unspecified atom stereocenters. The second kappa shape index (κ2) is 11.9. The largest absolute Gasteiger partial charge is 0.487 e. The van der Waals surface area contributed by atoms with Crippen LogP contribution in [0, 0.1) is 5.92 Å². The lowest BCUT2D eigenvalue weighted by atomic mass is 10.0. The molecule has 2 aromatic carbocycles. The molecule has 0 radical (unpaired) electrons. The highest BCUT2D eigenvalue weighted by molar-refractivity contribution is 7.89. The van der Waals surface area contributed by atoms with Crippen LogP contribution in [0.15, 0.2) is 78.0 Å². The lowest BCUT2D eigenvalue weighted by molar-refractivity contribution is 0.0563. The molecule has 9 heteroatoms. The monoisotopic (exact) mass is 535 g/mol. The molecule has 0 saturated heterocycles. The third-order valence-electron chi connectivity index (χ3n) is 6.67.